The maximum Gasteiger partial charge on any atom is 0.282 e. The molecule has 0 N–H and O–H groups in total. The van der Waals surface area contributed by atoms with E-state index in [0.717, 1.165) is 23.4 Å². The molecule has 0 saturated heterocycles. The molecule has 2 amide bonds. The number of hydrogen-bond donors (Lipinski definition) is 0. The van der Waals surface area contributed by atoms with E-state index in [0.29, 0.717) is 34.3 Å². The summed E-state index contributed by atoms with van der Waals surface area (Å²) in [6.07, 6.45) is 1.85. The van der Waals surface area contributed by atoms with Crippen LogP contribution in [-0.2, 0) is 16.0 Å². The number of amides is 2. The summed E-state index contributed by atoms with van der Waals surface area (Å²) in [6.45, 7) is 0.667. The molecule has 0 unspecified atom stereocenters. The quantitative estimate of drug-likeness (QED) is 0.516. The van der Waals surface area contributed by atoms with Crippen LogP contribution in [-0.4, -0.2) is 25.5 Å². The third-order valence-corrected chi connectivity index (χ3v) is 6.71. The molecule has 0 spiro atoms. The minimum absolute atomic E-state index is 0.347. The number of halogens is 1. The maximum absolute atomic E-state index is 13.8. The zero-order chi connectivity index (χ0) is 21.5. The van der Waals surface area contributed by atoms with Crippen molar-refractivity contribution in [3.05, 3.63) is 81.1 Å². The van der Waals surface area contributed by atoms with Crippen molar-refractivity contribution in [3.8, 4) is 5.75 Å². The van der Waals surface area contributed by atoms with Gasteiger partial charge in [-0.15, -0.1) is 11.3 Å². The summed E-state index contributed by atoms with van der Waals surface area (Å²) in [4.78, 5) is 31.5. The third-order valence-electron chi connectivity index (χ3n) is 5.59. The first kappa shape index (κ1) is 19.8. The number of aryl methyl sites for hydroxylation is 1. The van der Waals surface area contributed by atoms with Crippen LogP contribution in [0.2, 0.25) is 5.02 Å². The molecule has 0 saturated carbocycles. The fourth-order valence-corrected chi connectivity index (χ4v) is 5.16. The molecule has 0 atom stereocenters. The van der Waals surface area contributed by atoms with E-state index < -0.39 is 0 Å². The Balaban J connectivity index is 1.70. The average Bonchev–Trinajstić information content (AvgIpc) is 3.39. The Bertz CT molecular complexity index is 1220. The summed E-state index contributed by atoms with van der Waals surface area (Å²) in [6, 6.07) is 16.7. The highest BCUT2D eigenvalue weighted by atomic mass is 35.5. The highest BCUT2D eigenvalue weighted by molar-refractivity contribution is 7.11. The number of methoxy groups -OCH3 is 1. The largest absolute Gasteiger partial charge is 0.495 e. The predicted octanol–water partition coefficient (Wildman–Crippen LogP) is 5.15. The van der Waals surface area contributed by atoms with E-state index in [1.54, 1.807) is 18.2 Å². The Morgan fingerprint density at radius 2 is 1.84 bits per heavy atom. The zero-order valence-corrected chi connectivity index (χ0v) is 18.4. The van der Waals surface area contributed by atoms with Crippen molar-refractivity contribution in [2.45, 2.75) is 12.8 Å². The summed E-state index contributed by atoms with van der Waals surface area (Å²) in [5.74, 6) is -0.325. The molecule has 3 aromatic rings. The lowest BCUT2D eigenvalue weighted by Crippen LogP contribution is -2.37. The van der Waals surface area contributed by atoms with Crippen LogP contribution < -0.4 is 14.5 Å². The number of fused-ring (bicyclic) bond motifs is 1. The highest BCUT2D eigenvalue weighted by Crippen LogP contribution is 2.43. The van der Waals surface area contributed by atoms with Gasteiger partial charge in [0.05, 0.1) is 18.4 Å². The van der Waals surface area contributed by atoms with Gasteiger partial charge in [-0.25, -0.2) is 4.90 Å². The third kappa shape index (κ3) is 3.23. The lowest BCUT2D eigenvalue weighted by Gasteiger charge is -2.32. The van der Waals surface area contributed by atoms with Crippen LogP contribution >= 0.6 is 22.9 Å². The number of imide groups is 1. The maximum atomic E-state index is 13.8. The van der Waals surface area contributed by atoms with Gasteiger partial charge in [-0.1, -0.05) is 35.9 Å². The standard InChI is InChI=1S/C24H19ClN2O3S/c1-30-19-11-10-16(25)14-18(19)27-23(28)21(20-9-5-13-31-20)22(24(27)29)26-12-4-7-15-6-2-3-8-17(15)26/h2-3,5-6,8-11,13-14H,4,7,12H2,1H3. The van der Waals surface area contributed by atoms with Crippen LogP contribution in [0.15, 0.2) is 65.7 Å². The van der Waals surface area contributed by atoms with Gasteiger partial charge in [0, 0.05) is 22.1 Å². The van der Waals surface area contributed by atoms with E-state index in [4.69, 9.17) is 16.3 Å². The lowest BCUT2D eigenvalue weighted by atomic mass is 10.00. The fraction of sp³-hybridized carbons (Fsp3) is 0.167. The zero-order valence-electron chi connectivity index (χ0n) is 16.8. The molecule has 5 nitrogen and oxygen atoms in total. The number of rotatable bonds is 4. The van der Waals surface area contributed by atoms with Gasteiger partial charge in [-0.2, -0.15) is 0 Å². The van der Waals surface area contributed by atoms with Crippen molar-refractivity contribution in [2.75, 3.05) is 23.5 Å². The molecule has 0 aliphatic carbocycles. The summed E-state index contributed by atoms with van der Waals surface area (Å²) in [5.41, 5.74) is 3.31. The molecule has 1 aromatic heterocycles. The minimum atomic E-state index is -0.370. The van der Waals surface area contributed by atoms with Crippen LogP contribution in [0.3, 0.4) is 0 Å². The number of anilines is 2. The van der Waals surface area contributed by atoms with E-state index in [1.807, 2.05) is 40.6 Å². The number of nitrogens with zero attached hydrogens (tertiary/aromatic N) is 2. The second kappa shape index (κ2) is 7.87. The summed E-state index contributed by atoms with van der Waals surface area (Å²) < 4.78 is 5.44. The molecule has 2 aliphatic rings. The molecule has 31 heavy (non-hydrogen) atoms. The van der Waals surface area contributed by atoms with Crippen LogP contribution in [0, 0.1) is 0 Å². The number of para-hydroxylation sites is 1. The molecule has 3 heterocycles. The van der Waals surface area contributed by atoms with Crippen molar-refractivity contribution in [1.82, 2.24) is 0 Å². The summed E-state index contributed by atoms with van der Waals surface area (Å²) in [5, 5.41) is 2.33. The van der Waals surface area contributed by atoms with Crippen molar-refractivity contribution >= 4 is 51.7 Å². The number of carbonyl (C=O) groups is 2. The topological polar surface area (TPSA) is 49.9 Å². The number of thiophene rings is 1. The van der Waals surface area contributed by atoms with E-state index in [2.05, 4.69) is 6.07 Å². The fourth-order valence-electron chi connectivity index (χ4n) is 4.23. The van der Waals surface area contributed by atoms with Gasteiger partial charge < -0.3 is 9.64 Å². The Morgan fingerprint density at radius 1 is 1.00 bits per heavy atom. The number of carbonyl (C=O) groups excluding carboxylic acids is 2. The van der Waals surface area contributed by atoms with E-state index in [9.17, 15) is 9.59 Å². The molecule has 0 radical (unpaired) electrons. The Labute approximate surface area is 189 Å². The number of benzene rings is 2. The van der Waals surface area contributed by atoms with Crippen LogP contribution in [0.25, 0.3) is 5.57 Å². The second-order valence-corrected chi connectivity index (χ2v) is 8.73. The minimum Gasteiger partial charge on any atom is -0.495 e. The Hall–Kier alpha value is -3.09. The van der Waals surface area contributed by atoms with Crippen LogP contribution in [0.1, 0.15) is 16.9 Å². The van der Waals surface area contributed by atoms with Crippen LogP contribution in [0.5, 0.6) is 5.75 Å². The van der Waals surface area contributed by atoms with Gasteiger partial charge >= 0.3 is 0 Å². The van der Waals surface area contributed by atoms with Crippen molar-refractivity contribution in [1.29, 1.82) is 0 Å². The lowest BCUT2D eigenvalue weighted by molar-refractivity contribution is -0.120. The first-order valence-corrected chi connectivity index (χ1v) is 11.2. The van der Waals surface area contributed by atoms with Crippen molar-refractivity contribution in [3.63, 3.8) is 0 Å². The van der Waals surface area contributed by atoms with Crippen molar-refractivity contribution in [2.24, 2.45) is 0 Å². The normalized spacial score (nSPS) is 16.2. The van der Waals surface area contributed by atoms with Crippen LogP contribution in [0.4, 0.5) is 11.4 Å². The van der Waals surface area contributed by atoms with E-state index in [-0.39, 0.29) is 11.8 Å². The molecule has 5 rings (SSSR count). The first-order valence-electron chi connectivity index (χ1n) is 9.96. The van der Waals surface area contributed by atoms with Crippen molar-refractivity contribution < 1.29 is 14.3 Å². The first-order chi connectivity index (χ1) is 15.1. The molecule has 0 bridgehead atoms. The average molecular weight is 451 g/mol. The van der Waals surface area contributed by atoms with E-state index >= 15 is 0 Å². The highest BCUT2D eigenvalue weighted by Gasteiger charge is 2.44. The molecule has 2 aliphatic heterocycles. The molecule has 0 fully saturated rings. The number of ether oxygens (including phenoxy) is 1. The van der Waals surface area contributed by atoms with Gasteiger partial charge in [0.15, 0.2) is 0 Å². The monoisotopic (exact) mass is 450 g/mol. The molecular weight excluding hydrogens is 432 g/mol. The Morgan fingerprint density at radius 3 is 2.61 bits per heavy atom. The smallest absolute Gasteiger partial charge is 0.282 e. The summed E-state index contributed by atoms with van der Waals surface area (Å²) >= 11 is 7.65. The van der Waals surface area contributed by atoms with Gasteiger partial charge in [0.1, 0.15) is 11.4 Å². The predicted molar refractivity (Wildman–Crippen MR) is 124 cm³/mol. The molecule has 156 valence electrons. The van der Waals surface area contributed by atoms with Gasteiger partial charge in [0.2, 0.25) is 0 Å². The number of hydrogen-bond acceptors (Lipinski definition) is 5. The molecule has 7 heteroatoms. The van der Waals surface area contributed by atoms with Gasteiger partial charge in [-0.3, -0.25) is 9.59 Å². The molecular formula is C24H19ClN2O3S. The SMILES string of the molecule is COc1ccc(Cl)cc1N1C(=O)C(c2cccs2)=C(N2CCCc3ccccc32)C1=O. The van der Waals surface area contributed by atoms with Gasteiger partial charge in [0.25, 0.3) is 11.8 Å². The molecule has 2 aromatic carbocycles. The van der Waals surface area contributed by atoms with Gasteiger partial charge in [-0.05, 0) is 54.1 Å². The van der Waals surface area contributed by atoms with E-state index in [1.165, 1.54) is 28.9 Å². The second-order valence-electron chi connectivity index (χ2n) is 7.35. The Kier molecular flexibility index (Phi) is 5.04. The summed E-state index contributed by atoms with van der Waals surface area (Å²) in [7, 11) is 1.51.